The highest BCUT2D eigenvalue weighted by Gasteiger charge is 2.12. The molecule has 0 aliphatic rings. The molecule has 4 aromatic rings. The van der Waals surface area contributed by atoms with Gasteiger partial charge in [0.1, 0.15) is 5.65 Å². The van der Waals surface area contributed by atoms with Gasteiger partial charge in [-0.1, -0.05) is 42.1 Å². The Hall–Kier alpha value is -2.83. The molecule has 0 atom stereocenters. The van der Waals surface area contributed by atoms with Crippen molar-refractivity contribution in [1.29, 1.82) is 0 Å². The first-order valence-corrected chi connectivity index (χ1v) is 9.40. The number of hydrogen-bond acceptors (Lipinski definition) is 4. The molecular weight excluding hydrogens is 358 g/mol. The van der Waals surface area contributed by atoms with Gasteiger partial charge in [-0.25, -0.2) is 0 Å². The highest BCUT2D eigenvalue weighted by atomic mass is 32.2. The third-order valence-corrected chi connectivity index (χ3v) is 5.50. The van der Waals surface area contributed by atoms with Gasteiger partial charge < -0.3 is 9.72 Å². The summed E-state index contributed by atoms with van der Waals surface area (Å²) in [5.74, 6) is 0. The summed E-state index contributed by atoms with van der Waals surface area (Å²) in [6.45, 7) is 2.45. The van der Waals surface area contributed by atoms with E-state index >= 15 is 0 Å². The maximum Gasteiger partial charge on any atom is 0.274 e. The Morgan fingerprint density at radius 1 is 1.15 bits per heavy atom. The molecule has 0 spiro atoms. The van der Waals surface area contributed by atoms with E-state index in [1.807, 2.05) is 18.2 Å². The molecule has 136 valence electrons. The lowest BCUT2D eigenvalue weighted by Crippen LogP contribution is -2.15. The van der Waals surface area contributed by atoms with Crippen LogP contribution < -0.4 is 5.56 Å². The van der Waals surface area contributed by atoms with Crippen molar-refractivity contribution in [2.75, 3.05) is 7.11 Å². The summed E-state index contributed by atoms with van der Waals surface area (Å²) in [5, 5.41) is 4.24. The van der Waals surface area contributed by atoms with Crippen molar-refractivity contribution in [2.24, 2.45) is 0 Å². The predicted octanol–water partition coefficient (Wildman–Crippen LogP) is 4.30. The smallest absolute Gasteiger partial charge is 0.274 e. The predicted molar refractivity (Wildman–Crippen MR) is 107 cm³/mol. The maximum absolute atomic E-state index is 12.3. The normalized spacial score (nSPS) is 11.2. The molecule has 0 fully saturated rings. The monoisotopic (exact) mass is 377 g/mol. The van der Waals surface area contributed by atoms with Gasteiger partial charge in [0.05, 0.1) is 12.8 Å². The number of benzene rings is 2. The van der Waals surface area contributed by atoms with Crippen LogP contribution in [0.5, 0.6) is 0 Å². The van der Waals surface area contributed by atoms with Crippen LogP contribution in [-0.2, 0) is 11.3 Å². The first-order chi connectivity index (χ1) is 13.2. The van der Waals surface area contributed by atoms with Crippen molar-refractivity contribution in [2.45, 2.75) is 23.3 Å². The van der Waals surface area contributed by atoms with Gasteiger partial charge in [0.15, 0.2) is 0 Å². The second-order valence-corrected chi connectivity index (χ2v) is 7.40. The summed E-state index contributed by atoms with van der Waals surface area (Å²) >= 11 is 1.74. The van der Waals surface area contributed by atoms with E-state index in [1.54, 1.807) is 25.1 Å². The van der Waals surface area contributed by atoms with Gasteiger partial charge >= 0.3 is 0 Å². The van der Waals surface area contributed by atoms with Gasteiger partial charge in [0, 0.05) is 34.2 Å². The largest absolute Gasteiger partial charge is 0.378 e. The van der Waals surface area contributed by atoms with Crippen molar-refractivity contribution in [3.8, 4) is 11.1 Å². The number of aryl methyl sites for hydroxylation is 1. The number of fused-ring (bicyclic) bond motifs is 1. The molecule has 0 aliphatic carbocycles. The molecule has 5 nitrogen and oxygen atoms in total. The summed E-state index contributed by atoms with van der Waals surface area (Å²) in [4.78, 5) is 17.9. The SMILES string of the molecule is COCc1cc(=O)n2ncc(-c3ccc(Sc4ccccc4)c(C)c3)c2[nH]1. The zero-order valence-electron chi connectivity index (χ0n) is 15.1. The Morgan fingerprint density at radius 2 is 1.96 bits per heavy atom. The second kappa shape index (κ2) is 7.42. The lowest BCUT2D eigenvalue weighted by atomic mass is 10.1. The molecule has 0 saturated carbocycles. The molecule has 0 unspecified atom stereocenters. The van der Waals surface area contributed by atoms with Crippen LogP contribution in [0.2, 0.25) is 0 Å². The van der Waals surface area contributed by atoms with Crippen LogP contribution in [0, 0.1) is 6.92 Å². The van der Waals surface area contributed by atoms with Crippen LogP contribution in [0.1, 0.15) is 11.3 Å². The fourth-order valence-corrected chi connectivity index (χ4v) is 3.93. The molecule has 0 saturated heterocycles. The minimum atomic E-state index is -0.171. The molecule has 0 amide bonds. The van der Waals surface area contributed by atoms with Crippen LogP contribution in [-0.4, -0.2) is 21.7 Å². The van der Waals surface area contributed by atoms with Crippen LogP contribution in [0.4, 0.5) is 0 Å². The number of methoxy groups -OCH3 is 1. The van der Waals surface area contributed by atoms with Gasteiger partial charge in [-0.15, -0.1) is 0 Å². The highest BCUT2D eigenvalue weighted by Crippen LogP contribution is 2.33. The molecule has 6 heteroatoms. The number of H-pyrrole nitrogens is 1. The van der Waals surface area contributed by atoms with E-state index in [-0.39, 0.29) is 5.56 Å². The first-order valence-electron chi connectivity index (χ1n) is 8.58. The fraction of sp³-hybridized carbons (Fsp3) is 0.143. The Balaban J connectivity index is 1.73. The first kappa shape index (κ1) is 17.6. The molecule has 2 aromatic heterocycles. The molecule has 1 N–H and O–H groups in total. The Labute approximate surface area is 161 Å². The molecule has 0 radical (unpaired) electrons. The molecular formula is C21H19N3O2S. The van der Waals surface area contributed by atoms with E-state index in [2.05, 4.69) is 47.3 Å². The number of nitrogens with zero attached hydrogens (tertiary/aromatic N) is 2. The minimum absolute atomic E-state index is 0.171. The van der Waals surface area contributed by atoms with Crippen molar-refractivity contribution >= 4 is 17.4 Å². The van der Waals surface area contributed by atoms with Crippen LogP contribution >= 0.6 is 11.8 Å². The average Bonchev–Trinajstić information content (AvgIpc) is 3.09. The van der Waals surface area contributed by atoms with Gasteiger partial charge in [0.25, 0.3) is 5.56 Å². The molecule has 4 rings (SSSR count). The van der Waals surface area contributed by atoms with Gasteiger partial charge in [0.2, 0.25) is 0 Å². The van der Waals surface area contributed by atoms with Crippen molar-refractivity contribution < 1.29 is 4.74 Å². The van der Waals surface area contributed by atoms with Crippen molar-refractivity contribution in [3.05, 3.63) is 82.4 Å². The molecule has 2 aromatic carbocycles. The topological polar surface area (TPSA) is 59.4 Å². The third-order valence-electron chi connectivity index (χ3n) is 4.31. The lowest BCUT2D eigenvalue weighted by Gasteiger charge is -2.08. The average molecular weight is 377 g/mol. The molecule has 0 aliphatic heterocycles. The summed E-state index contributed by atoms with van der Waals surface area (Å²) in [5.41, 5.74) is 4.32. The van der Waals surface area contributed by atoms with E-state index < -0.39 is 0 Å². The number of ether oxygens (including phenoxy) is 1. The summed E-state index contributed by atoms with van der Waals surface area (Å²) in [6.07, 6.45) is 1.72. The fourth-order valence-electron chi connectivity index (χ4n) is 3.03. The Bertz CT molecular complexity index is 1150. The summed E-state index contributed by atoms with van der Waals surface area (Å²) in [7, 11) is 1.60. The van der Waals surface area contributed by atoms with E-state index in [0.29, 0.717) is 12.3 Å². The van der Waals surface area contributed by atoms with Crippen LogP contribution in [0.3, 0.4) is 0 Å². The van der Waals surface area contributed by atoms with Crippen LogP contribution in [0.15, 0.2) is 75.4 Å². The zero-order valence-corrected chi connectivity index (χ0v) is 15.9. The van der Waals surface area contributed by atoms with Gasteiger partial charge in [-0.2, -0.15) is 9.61 Å². The van der Waals surface area contributed by atoms with E-state index in [4.69, 9.17) is 4.74 Å². The highest BCUT2D eigenvalue weighted by molar-refractivity contribution is 7.99. The standard InChI is InChI=1S/C21H19N3O2S/c1-14-10-15(8-9-19(14)27-17-6-4-3-5-7-17)18-12-22-24-20(25)11-16(13-26-2)23-21(18)24/h3-12,23H,13H2,1-2H3. The molecule has 0 bridgehead atoms. The third kappa shape index (κ3) is 3.54. The quantitative estimate of drug-likeness (QED) is 0.563. The number of aromatic amines is 1. The van der Waals surface area contributed by atoms with Gasteiger partial charge in [-0.3, -0.25) is 4.79 Å². The number of aromatic nitrogens is 3. The zero-order chi connectivity index (χ0) is 18.8. The van der Waals surface area contributed by atoms with Crippen molar-refractivity contribution in [3.63, 3.8) is 0 Å². The van der Waals surface area contributed by atoms with Gasteiger partial charge in [-0.05, 0) is 36.2 Å². The molecule has 27 heavy (non-hydrogen) atoms. The summed E-state index contributed by atoms with van der Waals surface area (Å²) < 4.78 is 6.53. The van der Waals surface area contributed by atoms with E-state index in [9.17, 15) is 4.79 Å². The van der Waals surface area contributed by atoms with E-state index in [0.717, 1.165) is 16.8 Å². The number of hydrogen-bond donors (Lipinski definition) is 1. The van der Waals surface area contributed by atoms with Crippen molar-refractivity contribution in [1.82, 2.24) is 14.6 Å². The molecule has 2 heterocycles. The van der Waals surface area contributed by atoms with Crippen LogP contribution in [0.25, 0.3) is 16.8 Å². The number of nitrogens with one attached hydrogen (secondary N) is 1. The second-order valence-electron chi connectivity index (χ2n) is 6.28. The van der Waals surface area contributed by atoms with E-state index in [1.165, 1.54) is 25.9 Å². The minimum Gasteiger partial charge on any atom is -0.378 e. The Kier molecular flexibility index (Phi) is 4.83. The Morgan fingerprint density at radius 3 is 2.70 bits per heavy atom. The summed E-state index contributed by atoms with van der Waals surface area (Å²) in [6, 6.07) is 18.1. The maximum atomic E-state index is 12.3. The lowest BCUT2D eigenvalue weighted by molar-refractivity contribution is 0.181. The number of rotatable bonds is 5.